The molecule has 3 nitrogen and oxygen atoms in total. The minimum Gasteiger partial charge on any atom is -0.485 e. The number of thiazole rings is 1. The maximum atomic E-state index is 5.71. The van der Waals surface area contributed by atoms with Gasteiger partial charge in [0, 0.05) is 16.6 Å². The molecule has 0 amide bonds. The number of ether oxygens (including phenoxy) is 1. The van der Waals surface area contributed by atoms with Crippen LogP contribution < -0.4 is 10.5 Å². The highest BCUT2D eigenvalue weighted by molar-refractivity contribution is 9.10. The molecule has 0 aliphatic carbocycles. The number of nitrogen functional groups attached to an aromatic ring is 1. The molecule has 1 heterocycles. The van der Waals surface area contributed by atoms with Crippen molar-refractivity contribution in [3.63, 3.8) is 0 Å². The number of nitrogens with two attached hydrogens (primary N) is 1. The number of anilines is 1. The number of benzene rings is 1. The Labute approximate surface area is 113 Å². The van der Waals surface area contributed by atoms with E-state index in [9.17, 15) is 0 Å². The number of nitrogens with zero attached hydrogens (tertiary/aromatic N) is 1. The van der Waals surface area contributed by atoms with Crippen molar-refractivity contribution in [1.82, 2.24) is 4.98 Å². The molecule has 0 fully saturated rings. The molecule has 1 aromatic heterocycles. The fourth-order valence-electron chi connectivity index (χ4n) is 1.37. The van der Waals surface area contributed by atoms with Crippen molar-refractivity contribution in [2.24, 2.45) is 0 Å². The minimum atomic E-state index is 0.474. The second kappa shape index (κ2) is 5.06. The Morgan fingerprint density at radius 3 is 2.82 bits per heavy atom. The van der Waals surface area contributed by atoms with Gasteiger partial charge in [-0.15, -0.1) is 11.3 Å². The Bertz CT molecular complexity index is 520. The van der Waals surface area contributed by atoms with E-state index in [4.69, 9.17) is 10.5 Å². The molecule has 0 aliphatic rings. The van der Waals surface area contributed by atoms with Gasteiger partial charge in [-0.05, 0) is 41.9 Å². The van der Waals surface area contributed by atoms with Gasteiger partial charge in [0.15, 0.2) is 0 Å². The molecule has 5 heteroatoms. The van der Waals surface area contributed by atoms with Crippen LogP contribution in [-0.2, 0) is 6.61 Å². The summed E-state index contributed by atoms with van der Waals surface area (Å²) in [7, 11) is 0. The highest BCUT2D eigenvalue weighted by Crippen LogP contribution is 2.28. The SMILES string of the molecule is Cc1nc(COc2cc(N)ccc2Br)sc1C. The third-order valence-corrected chi connectivity index (χ3v) is 4.08. The van der Waals surface area contributed by atoms with Gasteiger partial charge >= 0.3 is 0 Å². The first-order valence-electron chi connectivity index (χ1n) is 5.17. The number of rotatable bonds is 3. The number of halogens is 1. The summed E-state index contributed by atoms with van der Waals surface area (Å²) in [6, 6.07) is 5.51. The van der Waals surface area contributed by atoms with Gasteiger partial charge in [0.05, 0.1) is 10.2 Å². The van der Waals surface area contributed by atoms with Crippen molar-refractivity contribution in [2.75, 3.05) is 5.73 Å². The zero-order valence-corrected chi connectivity index (χ0v) is 12.1. The number of aryl methyl sites for hydroxylation is 2. The predicted molar refractivity (Wildman–Crippen MR) is 74.5 cm³/mol. The summed E-state index contributed by atoms with van der Waals surface area (Å²) in [5, 5.41) is 0.981. The normalized spacial score (nSPS) is 10.5. The van der Waals surface area contributed by atoms with Gasteiger partial charge in [-0.1, -0.05) is 0 Å². The Morgan fingerprint density at radius 1 is 1.41 bits per heavy atom. The van der Waals surface area contributed by atoms with E-state index < -0.39 is 0 Å². The van der Waals surface area contributed by atoms with Crippen LogP contribution in [0.4, 0.5) is 5.69 Å². The number of aromatic nitrogens is 1. The Morgan fingerprint density at radius 2 is 2.18 bits per heavy atom. The quantitative estimate of drug-likeness (QED) is 0.879. The molecule has 0 spiro atoms. The first-order valence-corrected chi connectivity index (χ1v) is 6.78. The van der Waals surface area contributed by atoms with Gasteiger partial charge < -0.3 is 10.5 Å². The molecule has 90 valence electrons. The van der Waals surface area contributed by atoms with Gasteiger partial charge in [0.1, 0.15) is 17.4 Å². The Kier molecular flexibility index (Phi) is 3.69. The fraction of sp³-hybridized carbons (Fsp3) is 0.250. The molecule has 2 N–H and O–H groups in total. The molecule has 2 aromatic rings. The molecular weight excluding hydrogens is 300 g/mol. The first-order chi connectivity index (χ1) is 8.06. The van der Waals surface area contributed by atoms with Gasteiger partial charge in [0.25, 0.3) is 0 Å². The van der Waals surface area contributed by atoms with Gasteiger partial charge in [-0.25, -0.2) is 4.98 Å². The van der Waals surface area contributed by atoms with Gasteiger partial charge in [-0.3, -0.25) is 0 Å². The van der Waals surface area contributed by atoms with E-state index >= 15 is 0 Å². The molecule has 0 atom stereocenters. The summed E-state index contributed by atoms with van der Waals surface area (Å²) in [5.41, 5.74) is 7.47. The van der Waals surface area contributed by atoms with Crippen LogP contribution in [0.25, 0.3) is 0 Å². The van der Waals surface area contributed by atoms with E-state index in [0.717, 1.165) is 20.9 Å². The second-order valence-corrected chi connectivity index (χ2v) is 5.87. The average Bonchev–Trinajstić information content (AvgIpc) is 2.60. The standard InChI is InChI=1S/C12H13BrN2OS/c1-7-8(2)17-12(15-7)6-16-11-5-9(14)3-4-10(11)13/h3-5H,6,14H2,1-2H3. The van der Waals surface area contributed by atoms with Gasteiger partial charge in [0.2, 0.25) is 0 Å². The van der Waals surface area contributed by atoms with Crippen molar-refractivity contribution >= 4 is 33.0 Å². The molecule has 0 saturated carbocycles. The lowest BCUT2D eigenvalue weighted by molar-refractivity contribution is 0.303. The molecule has 0 bridgehead atoms. The van der Waals surface area contributed by atoms with Crippen molar-refractivity contribution in [3.05, 3.63) is 38.3 Å². The monoisotopic (exact) mass is 312 g/mol. The largest absolute Gasteiger partial charge is 0.485 e. The molecule has 0 aliphatic heterocycles. The van der Waals surface area contributed by atoms with E-state index in [1.807, 2.05) is 19.1 Å². The molecule has 0 unspecified atom stereocenters. The maximum absolute atomic E-state index is 5.71. The average molecular weight is 313 g/mol. The van der Waals surface area contributed by atoms with Crippen LogP contribution in [0, 0.1) is 13.8 Å². The topological polar surface area (TPSA) is 48.1 Å². The summed E-state index contributed by atoms with van der Waals surface area (Å²) in [4.78, 5) is 5.66. The molecule has 1 aromatic carbocycles. The zero-order valence-electron chi connectivity index (χ0n) is 9.66. The lowest BCUT2D eigenvalue weighted by Gasteiger charge is -2.07. The first kappa shape index (κ1) is 12.4. The molecule has 17 heavy (non-hydrogen) atoms. The van der Waals surface area contributed by atoms with E-state index in [-0.39, 0.29) is 0 Å². The van der Waals surface area contributed by atoms with E-state index in [1.165, 1.54) is 4.88 Å². The van der Waals surface area contributed by atoms with Crippen LogP contribution in [0.2, 0.25) is 0 Å². The highest BCUT2D eigenvalue weighted by Gasteiger charge is 2.06. The van der Waals surface area contributed by atoms with Crippen LogP contribution in [0.15, 0.2) is 22.7 Å². The van der Waals surface area contributed by atoms with Crippen molar-refractivity contribution < 1.29 is 4.74 Å². The maximum Gasteiger partial charge on any atom is 0.140 e. The van der Waals surface area contributed by atoms with Crippen LogP contribution in [0.3, 0.4) is 0 Å². The molecular formula is C12H13BrN2OS. The third-order valence-electron chi connectivity index (χ3n) is 2.38. The van der Waals surface area contributed by atoms with E-state index in [2.05, 4.69) is 27.8 Å². The highest BCUT2D eigenvalue weighted by atomic mass is 79.9. The van der Waals surface area contributed by atoms with Crippen LogP contribution >= 0.6 is 27.3 Å². The predicted octanol–water partition coefficient (Wildman–Crippen LogP) is 3.68. The van der Waals surface area contributed by atoms with Crippen LogP contribution in [0.5, 0.6) is 5.75 Å². The minimum absolute atomic E-state index is 0.474. The van der Waals surface area contributed by atoms with E-state index in [0.29, 0.717) is 12.3 Å². The van der Waals surface area contributed by atoms with Crippen LogP contribution in [-0.4, -0.2) is 4.98 Å². The summed E-state index contributed by atoms with van der Waals surface area (Å²) >= 11 is 5.09. The zero-order chi connectivity index (χ0) is 12.4. The molecule has 0 radical (unpaired) electrons. The second-order valence-electron chi connectivity index (χ2n) is 3.73. The number of hydrogen-bond acceptors (Lipinski definition) is 4. The van der Waals surface area contributed by atoms with Crippen molar-refractivity contribution in [2.45, 2.75) is 20.5 Å². The van der Waals surface area contributed by atoms with Crippen molar-refractivity contribution in [1.29, 1.82) is 0 Å². The Hall–Kier alpha value is -1.07. The fourth-order valence-corrected chi connectivity index (χ4v) is 2.58. The van der Waals surface area contributed by atoms with Crippen LogP contribution in [0.1, 0.15) is 15.6 Å². The summed E-state index contributed by atoms with van der Waals surface area (Å²) in [6.45, 7) is 4.54. The summed E-state index contributed by atoms with van der Waals surface area (Å²) in [5.74, 6) is 0.746. The number of hydrogen-bond donors (Lipinski definition) is 1. The lowest BCUT2D eigenvalue weighted by Crippen LogP contribution is -1.96. The molecule has 0 saturated heterocycles. The smallest absolute Gasteiger partial charge is 0.140 e. The van der Waals surface area contributed by atoms with E-state index in [1.54, 1.807) is 17.4 Å². The van der Waals surface area contributed by atoms with Crippen molar-refractivity contribution in [3.8, 4) is 5.75 Å². The third kappa shape index (κ3) is 2.98. The Balaban J connectivity index is 2.09. The molecule has 2 rings (SSSR count). The van der Waals surface area contributed by atoms with Gasteiger partial charge in [-0.2, -0.15) is 0 Å². The lowest BCUT2D eigenvalue weighted by atomic mass is 10.3. The summed E-state index contributed by atoms with van der Waals surface area (Å²) < 4.78 is 6.59. The summed E-state index contributed by atoms with van der Waals surface area (Å²) in [6.07, 6.45) is 0.